The number of likely N-dealkylation sites (N-methyl/N-ethyl adjacent to an activating group) is 1. The predicted molar refractivity (Wildman–Crippen MR) is 59.7 cm³/mol. The minimum atomic E-state index is 0.0800. The number of carbonyl (C=O) groups is 1. The van der Waals surface area contributed by atoms with Crippen LogP contribution in [0.3, 0.4) is 0 Å². The lowest BCUT2D eigenvalue weighted by Gasteiger charge is -2.28. The maximum absolute atomic E-state index is 11.2. The smallest absolute Gasteiger partial charge is 0.233 e. The van der Waals surface area contributed by atoms with Crippen LogP contribution in [0.4, 0.5) is 0 Å². The van der Waals surface area contributed by atoms with Crippen molar-refractivity contribution < 1.29 is 9.53 Å². The molecule has 88 valence electrons. The molecule has 2 N–H and O–H groups in total. The van der Waals surface area contributed by atoms with Crippen LogP contribution in [0, 0.1) is 5.92 Å². The third-order valence-electron chi connectivity index (χ3n) is 2.93. The minimum Gasteiger partial charge on any atom is -0.381 e. The van der Waals surface area contributed by atoms with Crippen LogP contribution >= 0.6 is 0 Å². The van der Waals surface area contributed by atoms with E-state index < -0.39 is 0 Å². The molecule has 0 aromatic heterocycles. The zero-order valence-corrected chi connectivity index (χ0v) is 9.71. The highest BCUT2D eigenvalue weighted by molar-refractivity contribution is 5.77. The van der Waals surface area contributed by atoms with Gasteiger partial charge in [0.05, 0.1) is 6.54 Å². The third-order valence-corrected chi connectivity index (χ3v) is 2.93. The summed E-state index contributed by atoms with van der Waals surface area (Å²) in [5.74, 6) is 0.726. The fraction of sp³-hybridized carbons (Fsp3) is 0.909. The second kappa shape index (κ2) is 6.80. The largest absolute Gasteiger partial charge is 0.381 e. The van der Waals surface area contributed by atoms with Crippen molar-refractivity contribution in [2.45, 2.75) is 32.7 Å². The van der Waals surface area contributed by atoms with Gasteiger partial charge in [0.15, 0.2) is 0 Å². The maximum atomic E-state index is 11.2. The fourth-order valence-corrected chi connectivity index (χ4v) is 1.90. The van der Waals surface area contributed by atoms with E-state index in [1.807, 2.05) is 6.92 Å². The highest BCUT2D eigenvalue weighted by atomic mass is 16.5. The second-order valence-corrected chi connectivity index (χ2v) is 4.07. The van der Waals surface area contributed by atoms with Gasteiger partial charge in [-0.05, 0) is 32.6 Å². The van der Waals surface area contributed by atoms with Crippen molar-refractivity contribution >= 4 is 5.91 Å². The Kier molecular flexibility index (Phi) is 5.65. The Balaban J connectivity index is 2.16. The van der Waals surface area contributed by atoms with Gasteiger partial charge in [0, 0.05) is 25.8 Å². The van der Waals surface area contributed by atoms with E-state index in [2.05, 4.69) is 17.6 Å². The number of nitrogens with one attached hydrogen (secondary N) is 2. The Bertz CT molecular complexity index is 191. The van der Waals surface area contributed by atoms with Gasteiger partial charge in [-0.25, -0.2) is 0 Å². The molecule has 4 heteroatoms. The number of amides is 1. The first-order chi connectivity index (χ1) is 7.24. The average Bonchev–Trinajstić information content (AvgIpc) is 2.27. The molecule has 1 amide bonds. The Morgan fingerprint density at radius 3 is 2.73 bits per heavy atom. The summed E-state index contributed by atoms with van der Waals surface area (Å²) in [5.41, 5.74) is 0. The van der Waals surface area contributed by atoms with Gasteiger partial charge < -0.3 is 15.4 Å². The van der Waals surface area contributed by atoms with Crippen molar-refractivity contribution in [2.24, 2.45) is 5.92 Å². The van der Waals surface area contributed by atoms with Gasteiger partial charge in [-0.3, -0.25) is 4.79 Å². The minimum absolute atomic E-state index is 0.0800. The van der Waals surface area contributed by atoms with Crippen LogP contribution in [-0.4, -0.2) is 38.3 Å². The monoisotopic (exact) mass is 214 g/mol. The van der Waals surface area contributed by atoms with Gasteiger partial charge in [0.2, 0.25) is 5.91 Å². The molecular weight excluding hydrogens is 192 g/mol. The summed E-state index contributed by atoms with van der Waals surface area (Å²) in [6.07, 6.45) is 2.20. The van der Waals surface area contributed by atoms with Gasteiger partial charge in [-0.1, -0.05) is 0 Å². The van der Waals surface area contributed by atoms with Crippen LogP contribution in [0.2, 0.25) is 0 Å². The van der Waals surface area contributed by atoms with E-state index in [9.17, 15) is 4.79 Å². The van der Waals surface area contributed by atoms with E-state index in [4.69, 9.17) is 4.74 Å². The Morgan fingerprint density at radius 1 is 1.47 bits per heavy atom. The van der Waals surface area contributed by atoms with Crippen molar-refractivity contribution in [1.82, 2.24) is 10.6 Å². The van der Waals surface area contributed by atoms with Gasteiger partial charge in [0.1, 0.15) is 0 Å². The normalized spacial score (nSPS) is 19.9. The van der Waals surface area contributed by atoms with Crippen LogP contribution in [0.1, 0.15) is 26.7 Å². The lowest BCUT2D eigenvalue weighted by molar-refractivity contribution is -0.120. The molecule has 1 aliphatic rings. The quantitative estimate of drug-likeness (QED) is 0.702. The lowest BCUT2D eigenvalue weighted by Crippen LogP contribution is -2.42. The van der Waals surface area contributed by atoms with Crippen LogP contribution in [0.15, 0.2) is 0 Å². The van der Waals surface area contributed by atoms with Gasteiger partial charge in [0.25, 0.3) is 0 Å². The number of carbonyl (C=O) groups excluding carboxylic acids is 1. The molecule has 0 saturated carbocycles. The van der Waals surface area contributed by atoms with Crippen LogP contribution in [0.5, 0.6) is 0 Å². The molecule has 1 heterocycles. The molecule has 0 radical (unpaired) electrons. The van der Waals surface area contributed by atoms with Crippen LogP contribution < -0.4 is 10.6 Å². The van der Waals surface area contributed by atoms with Crippen molar-refractivity contribution in [3.05, 3.63) is 0 Å². The van der Waals surface area contributed by atoms with Crippen LogP contribution in [-0.2, 0) is 9.53 Å². The van der Waals surface area contributed by atoms with Crippen molar-refractivity contribution in [2.75, 3.05) is 26.3 Å². The Hall–Kier alpha value is -0.610. The van der Waals surface area contributed by atoms with E-state index >= 15 is 0 Å². The summed E-state index contributed by atoms with van der Waals surface area (Å²) in [6, 6.07) is 0.400. The van der Waals surface area contributed by atoms with E-state index in [0.717, 1.165) is 26.1 Å². The standard InChI is InChI=1S/C11H22N2O2/c1-3-12-11(14)8-13-9(2)10-4-6-15-7-5-10/h9-10,13H,3-8H2,1-2H3,(H,12,14). The highest BCUT2D eigenvalue weighted by Crippen LogP contribution is 2.18. The number of rotatable bonds is 5. The molecule has 1 rings (SSSR count). The van der Waals surface area contributed by atoms with Gasteiger partial charge in [-0.15, -0.1) is 0 Å². The summed E-state index contributed by atoms with van der Waals surface area (Å²) >= 11 is 0. The summed E-state index contributed by atoms with van der Waals surface area (Å²) in [6.45, 7) is 6.92. The zero-order valence-electron chi connectivity index (χ0n) is 9.71. The third kappa shape index (κ3) is 4.62. The zero-order chi connectivity index (χ0) is 11.1. The second-order valence-electron chi connectivity index (χ2n) is 4.07. The van der Waals surface area contributed by atoms with E-state index in [0.29, 0.717) is 25.0 Å². The first kappa shape index (κ1) is 12.5. The van der Waals surface area contributed by atoms with Crippen LogP contribution in [0.25, 0.3) is 0 Å². The Labute approximate surface area is 91.8 Å². The van der Waals surface area contributed by atoms with Gasteiger partial charge in [-0.2, -0.15) is 0 Å². The molecule has 1 aliphatic heterocycles. The van der Waals surface area contributed by atoms with E-state index in [1.165, 1.54) is 0 Å². The molecular formula is C11H22N2O2. The molecule has 1 unspecified atom stereocenters. The number of ether oxygens (including phenoxy) is 1. The van der Waals surface area contributed by atoms with Crippen molar-refractivity contribution in [3.8, 4) is 0 Å². The molecule has 1 atom stereocenters. The predicted octanol–water partition coefficient (Wildman–Crippen LogP) is 0.527. The summed E-state index contributed by atoms with van der Waals surface area (Å²) < 4.78 is 5.31. The molecule has 0 aliphatic carbocycles. The molecule has 1 fully saturated rings. The summed E-state index contributed by atoms with van der Waals surface area (Å²) in [4.78, 5) is 11.2. The maximum Gasteiger partial charge on any atom is 0.233 e. The summed E-state index contributed by atoms with van der Waals surface area (Å²) in [5, 5.41) is 6.05. The lowest BCUT2D eigenvalue weighted by atomic mass is 9.93. The SMILES string of the molecule is CCNC(=O)CNC(C)C1CCOCC1. The highest BCUT2D eigenvalue weighted by Gasteiger charge is 2.20. The molecule has 1 saturated heterocycles. The summed E-state index contributed by atoms with van der Waals surface area (Å²) in [7, 11) is 0. The average molecular weight is 214 g/mol. The molecule has 4 nitrogen and oxygen atoms in total. The molecule has 0 aromatic rings. The Morgan fingerprint density at radius 2 is 2.13 bits per heavy atom. The van der Waals surface area contributed by atoms with E-state index in [1.54, 1.807) is 0 Å². The first-order valence-corrected chi connectivity index (χ1v) is 5.82. The van der Waals surface area contributed by atoms with E-state index in [-0.39, 0.29) is 5.91 Å². The van der Waals surface area contributed by atoms with Gasteiger partial charge >= 0.3 is 0 Å². The molecule has 0 bridgehead atoms. The first-order valence-electron chi connectivity index (χ1n) is 5.82. The molecule has 0 spiro atoms. The number of hydrogen-bond acceptors (Lipinski definition) is 3. The molecule has 0 aromatic carbocycles. The fourth-order valence-electron chi connectivity index (χ4n) is 1.90. The van der Waals surface area contributed by atoms with Crippen molar-refractivity contribution in [3.63, 3.8) is 0 Å². The topological polar surface area (TPSA) is 50.4 Å². The number of hydrogen-bond donors (Lipinski definition) is 2. The van der Waals surface area contributed by atoms with Crippen molar-refractivity contribution in [1.29, 1.82) is 0 Å². The molecule has 15 heavy (non-hydrogen) atoms.